The van der Waals surface area contributed by atoms with E-state index < -0.39 is 5.97 Å². The van der Waals surface area contributed by atoms with Gasteiger partial charge in [0.25, 0.3) is 5.91 Å². The number of carboxylic acid groups (broad SMARTS) is 1. The van der Waals surface area contributed by atoms with Crippen LogP contribution in [0.1, 0.15) is 49.4 Å². The minimum absolute atomic E-state index is 0.0331. The number of aromatic nitrogens is 1. The Morgan fingerprint density at radius 1 is 1.14 bits per heavy atom. The molecule has 1 rings (SSSR count). The van der Waals surface area contributed by atoms with Crippen LogP contribution in [0, 0.1) is 3.57 Å². The van der Waals surface area contributed by atoms with E-state index in [1.165, 1.54) is 6.20 Å². The van der Waals surface area contributed by atoms with Crippen LogP contribution >= 0.6 is 22.6 Å². The molecule has 11 heteroatoms. The van der Waals surface area contributed by atoms with Crippen molar-refractivity contribution in [3.63, 3.8) is 0 Å². The Labute approximate surface area is 182 Å². The first-order chi connectivity index (χ1) is 13.8. The van der Waals surface area contributed by atoms with Crippen LogP contribution in [0.25, 0.3) is 0 Å². The lowest BCUT2D eigenvalue weighted by Crippen LogP contribution is -2.41. The molecule has 0 fully saturated rings. The molecule has 1 unspecified atom stereocenters. The van der Waals surface area contributed by atoms with Gasteiger partial charge >= 0.3 is 18.2 Å². The van der Waals surface area contributed by atoms with Gasteiger partial charge in [-0.2, -0.15) is 9.59 Å². The maximum atomic E-state index is 11.9. The van der Waals surface area contributed by atoms with Gasteiger partial charge in [0, 0.05) is 41.5 Å². The van der Waals surface area contributed by atoms with Gasteiger partial charge in [-0.15, -0.1) is 0 Å². The summed E-state index contributed by atoms with van der Waals surface area (Å²) >= 11 is 2.11. The molecule has 10 nitrogen and oxygen atoms in total. The van der Waals surface area contributed by atoms with E-state index in [-0.39, 0.29) is 30.6 Å². The Kier molecular flexibility index (Phi) is 15.0. The summed E-state index contributed by atoms with van der Waals surface area (Å²) in [6.07, 6.45) is 6.41. The van der Waals surface area contributed by atoms with E-state index in [1.807, 2.05) is 0 Å². The third kappa shape index (κ3) is 15.1. The van der Waals surface area contributed by atoms with E-state index in [1.54, 1.807) is 19.2 Å². The van der Waals surface area contributed by atoms with E-state index in [2.05, 4.69) is 43.5 Å². The van der Waals surface area contributed by atoms with Crippen molar-refractivity contribution in [1.29, 1.82) is 0 Å². The molecule has 1 heterocycles. The molecule has 0 bridgehead atoms. The predicted octanol–water partition coefficient (Wildman–Crippen LogP) is 1.56. The molecule has 29 heavy (non-hydrogen) atoms. The Bertz CT molecular complexity index is 695. The van der Waals surface area contributed by atoms with Gasteiger partial charge in [-0.3, -0.25) is 14.6 Å². The number of urea groups is 1. The summed E-state index contributed by atoms with van der Waals surface area (Å²) in [5.74, 6) is -1.01. The fourth-order valence-electron chi connectivity index (χ4n) is 2.16. The Hall–Kier alpha value is -2.53. The Morgan fingerprint density at radius 2 is 1.76 bits per heavy atom. The standard InChI is InChI=1S/C17H25IN4O4.CO2/c1-12(5-6-15(23)24)22-17(26)21-8-4-2-3-7-20-16(25)13-9-14(18)11-19-10-13;2-1-3/h9-12H,2-8H2,1H3,(H,20,25)(H,23,24)(H2,21,22,26);/i18-2;. The van der Waals surface area contributed by atoms with Crippen LogP contribution in [0.4, 0.5) is 4.79 Å². The summed E-state index contributed by atoms with van der Waals surface area (Å²) in [5.41, 5.74) is 0.548. The molecule has 160 valence electrons. The van der Waals surface area contributed by atoms with Crippen molar-refractivity contribution in [3.05, 3.63) is 27.6 Å². The molecule has 1 atom stereocenters. The smallest absolute Gasteiger partial charge is 0.373 e. The van der Waals surface area contributed by atoms with Crippen LogP contribution in [0.15, 0.2) is 18.5 Å². The van der Waals surface area contributed by atoms with E-state index >= 15 is 0 Å². The van der Waals surface area contributed by atoms with Crippen molar-refractivity contribution in [2.24, 2.45) is 0 Å². The molecule has 0 aliphatic heterocycles. The minimum Gasteiger partial charge on any atom is -0.481 e. The first kappa shape index (κ1) is 26.5. The van der Waals surface area contributed by atoms with E-state index in [0.29, 0.717) is 25.1 Å². The number of hydrogen-bond acceptors (Lipinski definition) is 6. The van der Waals surface area contributed by atoms with Gasteiger partial charge in [0.2, 0.25) is 0 Å². The van der Waals surface area contributed by atoms with Crippen molar-refractivity contribution in [3.8, 4) is 0 Å². The van der Waals surface area contributed by atoms with E-state index in [0.717, 1.165) is 22.8 Å². The van der Waals surface area contributed by atoms with Gasteiger partial charge in [0.1, 0.15) is 0 Å². The predicted molar refractivity (Wildman–Crippen MR) is 111 cm³/mol. The number of nitrogens with zero attached hydrogens (tertiary/aromatic N) is 1. The second kappa shape index (κ2) is 16.4. The summed E-state index contributed by atoms with van der Waals surface area (Å²) in [6, 6.07) is 1.31. The summed E-state index contributed by atoms with van der Waals surface area (Å²) in [5, 5.41) is 16.9. The van der Waals surface area contributed by atoms with Crippen LogP contribution in [0.3, 0.4) is 0 Å². The van der Waals surface area contributed by atoms with Crippen molar-refractivity contribution >= 4 is 46.6 Å². The lowest BCUT2D eigenvalue weighted by Gasteiger charge is -2.13. The highest BCUT2D eigenvalue weighted by Crippen LogP contribution is 2.05. The second-order valence-corrected chi connectivity index (χ2v) is 7.27. The number of carboxylic acids is 1. The molecule has 0 saturated heterocycles. The molecule has 4 N–H and O–H groups in total. The first-order valence-electron chi connectivity index (χ1n) is 8.94. The van der Waals surface area contributed by atoms with Crippen molar-refractivity contribution < 1.29 is 29.1 Å². The number of carbonyl (C=O) groups excluding carboxylic acids is 4. The molecule has 0 spiro atoms. The normalized spacial score (nSPS) is 10.6. The number of pyridine rings is 1. The number of halogens is 1. The molecule has 0 aliphatic carbocycles. The number of nitrogens with one attached hydrogen (secondary N) is 3. The third-order valence-corrected chi connectivity index (χ3v) is 4.15. The largest absolute Gasteiger partial charge is 0.481 e. The monoisotopic (exact) mass is 518 g/mol. The number of unbranched alkanes of at least 4 members (excludes halogenated alkanes) is 2. The lowest BCUT2D eigenvalue weighted by atomic mass is 10.2. The van der Waals surface area contributed by atoms with Gasteiger partial charge in [0.15, 0.2) is 0 Å². The zero-order valence-electron chi connectivity index (χ0n) is 16.1. The molecular weight excluding hydrogens is 493 g/mol. The van der Waals surface area contributed by atoms with E-state index in [4.69, 9.17) is 14.7 Å². The van der Waals surface area contributed by atoms with Crippen LogP contribution in [-0.2, 0) is 14.4 Å². The average molecular weight is 518 g/mol. The first-order valence-corrected chi connectivity index (χ1v) is 10.0. The molecule has 1 aromatic heterocycles. The Balaban J connectivity index is 0.00000245. The molecule has 0 aromatic carbocycles. The number of aliphatic carboxylic acids is 1. The average Bonchev–Trinajstić information content (AvgIpc) is 2.66. The molecule has 0 radical (unpaired) electrons. The summed E-state index contributed by atoms with van der Waals surface area (Å²) in [7, 11) is 0. The molecular formula is C18H25IN4O6. The highest BCUT2D eigenvalue weighted by Gasteiger charge is 2.08. The molecule has 1 aromatic rings. The van der Waals surface area contributed by atoms with Crippen LogP contribution in [-0.4, -0.2) is 53.3 Å². The third-order valence-electron chi connectivity index (χ3n) is 3.56. The van der Waals surface area contributed by atoms with Crippen molar-refractivity contribution in [1.82, 2.24) is 20.9 Å². The number of amides is 3. The Morgan fingerprint density at radius 3 is 2.34 bits per heavy atom. The van der Waals surface area contributed by atoms with Crippen molar-refractivity contribution in [2.75, 3.05) is 13.1 Å². The van der Waals surface area contributed by atoms with Gasteiger partial charge < -0.3 is 21.1 Å². The van der Waals surface area contributed by atoms with Crippen LogP contribution < -0.4 is 16.0 Å². The maximum Gasteiger partial charge on any atom is 0.373 e. The SMILES string of the molecule is CC(CCC(=O)O)NC(=O)NCCCCCNC(=O)c1cncc([125I])c1.O=C=O. The van der Waals surface area contributed by atoms with E-state index in [9.17, 15) is 14.4 Å². The summed E-state index contributed by atoms with van der Waals surface area (Å²) < 4.78 is 0.914. The number of hydrogen-bond donors (Lipinski definition) is 4. The quantitative estimate of drug-likeness (QED) is 0.256. The summed E-state index contributed by atoms with van der Waals surface area (Å²) in [6.45, 7) is 2.88. The number of carbonyl (C=O) groups is 3. The maximum absolute atomic E-state index is 11.9. The number of rotatable bonds is 11. The summed E-state index contributed by atoms with van der Waals surface area (Å²) in [4.78, 5) is 54.2. The van der Waals surface area contributed by atoms with Gasteiger partial charge in [0.05, 0.1) is 5.56 Å². The van der Waals surface area contributed by atoms with Gasteiger partial charge in [-0.1, -0.05) is 0 Å². The van der Waals surface area contributed by atoms with Crippen LogP contribution in [0.5, 0.6) is 0 Å². The van der Waals surface area contributed by atoms with Crippen molar-refractivity contribution in [2.45, 2.75) is 45.1 Å². The molecule has 0 aliphatic rings. The topological polar surface area (TPSA) is 155 Å². The van der Waals surface area contributed by atoms with Crippen LogP contribution in [0.2, 0.25) is 0 Å². The minimum atomic E-state index is -0.871. The highest BCUT2D eigenvalue weighted by atomic mass is 125. The zero-order valence-corrected chi connectivity index (χ0v) is 18.2. The fraction of sp³-hybridized carbons (Fsp3) is 0.500. The highest BCUT2D eigenvalue weighted by molar-refractivity contribution is 14.1. The molecule has 0 saturated carbocycles. The second-order valence-electron chi connectivity index (χ2n) is 6.03. The zero-order chi connectivity index (χ0) is 22.1. The van der Waals surface area contributed by atoms with Gasteiger partial charge in [-0.25, -0.2) is 4.79 Å². The molecule has 3 amide bonds. The fourth-order valence-corrected chi connectivity index (χ4v) is 2.65. The van der Waals surface area contributed by atoms with Gasteiger partial charge in [-0.05, 0) is 61.3 Å². The lowest BCUT2D eigenvalue weighted by molar-refractivity contribution is -0.191.